The molecular weight excluding hydrogens is 332 g/mol. The molecule has 0 spiro atoms. The number of rotatable bonds is 8. The zero-order valence-corrected chi connectivity index (χ0v) is 19.2. The maximum absolute atomic E-state index is 4.84. The molecule has 0 saturated heterocycles. The Hall–Kier alpha value is -0.130. The quantitative estimate of drug-likeness (QED) is 0.321. The Balaban J connectivity index is 1.98. The van der Waals surface area contributed by atoms with E-state index in [9.17, 15) is 0 Å². The minimum absolute atomic E-state index is 0.569. The van der Waals surface area contributed by atoms with Crippen molar-refractivity contribution >= 4 is 12.6 Å². The Bertz CT molecular complexity index is 496. The smallest absolute Gasteiger partial charge is 0.00627 e. The van der Waals surface area contributed by atoms with E-state index in [4.69, 9.17) is 12.6 Å². The average molecular weight is 377 g/mol. The highest BCUT2D eigenvalue weighted by atomic mass is 32.1. The minimum atomic E-state index is 0.569. The molecule has 0 heterocycles. The molecule has 4 unspecified atom stereocenters. The van der Waals surface area contributed by atoms with Crippen molar-refractivity contribution in [2.24, 2.45) is 35.5 Å². The molecule has 2 aliphatic carbocycles. The second-order valence-corrected chi connectivity index (χ2v) is 11.1. The third kappa shape index (κ3) is 7.12. The fourth-order valence-corrected chi connectivity index (χ4v) is 6.10. The van der Waals surface area contributed by atoms with Gasteiger partial charge in [-0.05, 0) is 104 Å². The van der Waals surface area contributed by atoms with E-state index in [1.54, 1.807) is 11.1 Å². The first kappa shape index (κ1) is 22.2. The van der Waals surface area contributed by atoms with E-state index < -0.39 is 0 Å². The summed E-state index contributed by atoms with van der Waals surface area (Å²) in [5, 5.41) is 0.569. The van der Waals surface area contributed by atoms with Gasteiger partial charge in [-0.25, -0.2) is 0 Å². The van der Waals surface area contributed by atoms with Crippen molar-refractivity contribution < 1.29 is 0 Å². The molecule has 1 fully saturated rings. The van der Waals surface area contributed by atoms with Gasteiger partial charge in [0.2, 0.25) is 0 Å². The summed E-state index contributed by atoms with van der Waals surface area (Å²) in [5.74, 6) is 4.88. The van der Waals surface area contributed by atoms with Crippen LogP contribution in [0.15, 0.2) is 16.9 Å². The standard InChI is InChI=1S/C25H44S/c1-17(2)11-18(3)12-19(4)13-20(5)21(6)24-10-9-22-7-8-23(14-24)16-25(26)15-22/h17-22,25-26H,7-13,15-16H2,1-6H3/t14?,18-,19?,20?,21?,22+,25?/m0/s1. The summed E-state index contributed by atoms with van der Waals surface area (Å²) in [6.07, 6.45) is 11.9. The molecular formula is C25H44S. The molecule has 0 aliphatic heterocycles. The Kier molecular flexibility index (Phi) is 8.89. The zero-order valence-electron chi connectivity index (χ0n) is 18.4. The Morgan fingerprint density at radius 3 is 2.27 bits per heavy atom. The number of thiol groups is 1. The van der Waals surface area contributed by atoms with Crippen LogP contribution >= 0.6 is 12.6 Å². The van der Waals surface area contributed by atoms with Crippen molar-refractivity contribution in [3.8, 4) is 0 Å². The van der Waals surface area contributed by atoms with Gasteiger partial charge in [-0.3, -0.25) is 0 Å². The summed E-state index contributed by atoms with van der Waals surface area (Å²) in [4.78, 5) is 0. The highest BCUT2D eigenvalue weighted by Gasteiger charge is 2.26. The lowest BCUT2D eigenvalue weighted by Crippen LogP contribution is -2.17. The van der Waals surface area contributed by atoms with Crippen LogP contribution in [0.2, 0.25) is 0 Å². The Morgan fingerprint density at radius 2 is 1.58 bits per heavy atom. The summed E-state index contributed by atoms with van der Waals surface area (Å²) < 4.78 is 0. The summed E-state index contributed by atoms with van der Waals surface area (Å²) in [6, 6.07) is 0. The Labute approximate surface area is 169 Å². The monoisotopic (exact) mass is 376 g/mol. The van der Waals surface area contributed by atoms with Crippen LogP contribution in [0.1, 0.15) is 99.3 Å². The molecule has 0 amide bonds. The highest BCUT2D eigenvalue weighted by molar-refractivity contribution is 7.80. The average Bonchev–Trinajstić information content (AvgIpc) is 2.63. The first-order valence-corrected chi connectivity index (χ1v) is 11.9. The molecule has 0 N–H and O–H groups in total. The largest absolute Gasteiger partial charge is 0.176 e. The molecule has 2 bridgehead atoms. The zero-order chi connectivity index (χ0) is 19.3. The van der Waals surface area contributed by atoms with E-state index in [-0.39, 0.29) is 0 Å². The number of fused-ring (bicyclic) bond motifs is 3. The van der Waals surface area contributed by atoms with Gasteiger partial charge in [-0.2, -0.15) is 12.6 Å². The second kappa shape index (κ2) is 10.4. The van der Waals surface area contributed by atoms with Crippen LogP contribution in [0.25, 0.3) is 0 Å². The first-order chi connectivity index (χ1) is 12.2. The fourth-order valence-electron chi connectivity index (χ4n) is 5.58. The lowest BCUT2D eigenvalue weighted by atomic mass is 9.77. The van der Waals surface area contributed by atoms with Gasteiger partial charge in [0, 0.05) is 5.25 Å². The summed E-state index contributed by atoms with van der Waals surface area (Å²) in [7, 11) is 0. The normalized spacial score (nSPS) is 28.5. The van der Waals surface area contributed by atoms with Crippen LogP contribution in [0, 0.1) is 35.5 Å². The van der Waals surface area contributed by atoms with Gasteiger partial charge in [-0.15, -0.1) is 5.73 Å². The Morgan fingerprint density at radius 1 is 0.923 bits per heavy atom. The van der Waals surface area contributed by atoms with Crippen molar-refractivity contribution in [3.63, 3.8) is 0 Å². The topological polar surface area (TPSA) is 0 Å². The fraction of sp³-hybridized carbons (Fsp3) is 0.880. The molecule has 2 rings (SSSR count). The first-order valence-electron chi connectivity index (χ1n) is 11.4. The van der Waals surface area contributed by atoms with Crippen molar-refractivity contribution in [3.05, 3.63) is 16.9 Å². The molecule has 2 aliphatic rings. The van der Waals surface area contributed by atoms with Crippen molar-refractivity contribution in [2.45, 2.75) is 105 Å². The van der Waals surface area contributed by atoms with Gasteiger partial charge >= 0.3 is 0 Å². The molecule has 0 aromatic carbocycles. The van der Waals surface area contributed by atoms with Crippen LogP contribution in [0.4, 0.5) is 0 Å². The van der Waals surface area contributed by atoms with Gasteiger partial charge in [0.15, 0.2) is 0 Å². The van der Waals surface area contributed by atoms with Crippen molar-refractivity contribution in [2.75, 3.05) is 0 Å². The number of hydrogen-bond acceptors (Lipinski definition) is 1. The predicted octanol–water partition coefficient (Wildman–Crippen LogP) is 8.09. The van der Waals surface area contributed by atoms with Gasteiger partial charge in [0.05, 0.1) is 0 Å². The summed E-state index contributed by atoms with van der Waals surface area (Å²) in [6.45, 7) is 14.6. The molecule has 150 valence electrons. The van der Waals surface area contributed by atoms with Crippen LogP contribution < -0.4 is 0 Å². The third-order valence-electron chi connectivity index (χ3n) is 6.96. The molecule has 0 aromatic heterocycles. The van der Waals surface area contributed by atoms with E-state index in [0.29, 0.717) is 11.2 Å². The summed E-state index contributed by atoms with van der Waals surface area (Å²) >= 11 is 4.84. The van der Waals surface area contributed by atoms with Crippen molar-refractivity contribution in [1.82, 2.24) is 0 Å². The molecule has 26 heavy (non-hydrogen) atoms. The maximum atomic E-state index is 4.84. The van der Waals surface area contributed by atoms with Crippen LogP contribution in [-0.4, -0.2) is 5.25 Å². The van der Waals surface area contributed by atoms with Gasteiger partial charge in [0.1, 0.15) is 0 Å². The lowest BCUT2D eigenvalue weighted by Gasteiger charge is -2.27. The lowest BCUT2D eigenvalue weighted by molar-refractivity contribution is 0.282. The predicted molar refractivity (Wildman–Crippen MR) is 120 cm³/mol. The van der Waals surface area contributed by atoms with Gasteiger partial charge < -0.3 is 0 Å². The molecule has 0 aromatic rings. The third-order valence-corrected chi connectivity index (χ3v) is 7.35. The highest BCUT2D eigenvalue weighted by Crippen LogP contribution is 2.38. The molecule has 1 saturated carbocycles. The van der Waals surface area contributed by atoms with Crippen molar-refractivity contribution in [1.29, 1.82) is 0 Å². The van der Waals surface area contributed by atoms with E-state index in [1.807, 2.05) is 0 Å². The molecule has 1 heteroatoms. The SMILES string of the molecule is CC(C)C[C@H](C)CC(C)CC(C)C(C)C1=C=C2CC[C@H](CC1)CC(S)C2. The minimum Gasteiger partial charge on any atom is -0.176 e. The van der Waals surface area contributed by atoms with Crippen LogP contribution in [-0.2, 0) is 0 Å². The molecule has 0 nitrogen and oxygen atoms in total. The van der Waals surface area contributed by atoms with E-state index in [0.717, 1.165) is 29.6 Å². The molecule has 6 atom stereocenters. The van der Waals surface area contributed by atoms with E-state index >= 15 is 0 Å². The maximum Gasteiger partial charge on any atom is 0.00627 e. The van der Waals surface area contributed by atoms with Gasteiger partial charge in [0.25, 0.3) is 0 Å². The molecule has 0 radical (unpaired) electrons. The van der Waals surface area contributed by atoms with Crippen LogP contribution in [0.5, 0.6) is 0 Å². The van der Waals surface area contributed by atoms with E-state index in [1.165, 1.54) is 57.8 Å². The van der Waals surface area contributed by atoms with Crippen LogP contribution in [0.3, 0.4) is 0 Å². The van der Waals surface area contributed by atoms with E-state index in [2.05, 4.69) is 47.3 Å². The van der Waals surface area contributed by atoms with Gasteiger partial charge in [-0.1, -0.05) is 41.5 Å². The number of hydrogen-bond donors (Lipinski definition) is 1. The number of allylic oxidation sites excluding steroid dienone is 1. The summed E-state index contributed by atoms with van der Waals surface area (Å²) in [5.41, 5.74) is 7.12. The second-order valence-electron chi connectivity index (χ2n) is 10.4.